The first-order chi connectivity index (χ1) is 9.70. The summed E-state index contributed by atoms with van der Waals surface area (Å²) in [7, 11) is 0. The minimum Gasteiger partial charge on any atom is -0.349 e. The van der Waals surface area contributed by atoms with Gasteiger partial charge in [-0.15, -0.1) is 4.36 Å². The summed E-state index contributed by atoms with van der Waals surface area (Å²) in [6.07, 6.45) is 1.66. The van der Waals surface area contributed by atoms with E-state index >= 15 is 0 Å². The van der Waals surface area contributed by atoms with Crippen LogP contribution in [0.25, 0.3) is 11.0 Å². The molecule has 0 saturated heterocycles. The lowest BCUT2D eigenvalue weighted by Gasteiger charge is -1.84. The Hall–Kier alpha value is -2.40. The van der Waals surface area contributed by atoms with Gasteiger partial charge in [-0.2, -0.15) is 0 Å². The smallest absolute Gasteiger partial charge is 0.304 e. The van der Waals surface area contributed by atoms with Gasteiger partial charge in [-0.05, 0) is 25.1 Å². The second kappa shape index (κ2) is 6.68. The Morgan fingerprint density at radius 3 is 2.50 bits per heavy atom. The van der Waals surface area contributed by atoms with Gasteiger partial charge >= 0.3 is 5.91 Å². The maximum Gasteiger partial charge on any atom is 0.304 e. The second-order valence-corrected chi connectivity index (χ2v) is 4.35. The van der Waals surface area contributed by atoms with Crippen molar-refractivity contribution in [3.8, 4) is 0 Å². The van der Waals surface area contributed by atoms with Crippen LogP contribution < -0.4 is 0 Å². The number of aryl methyl sites for hydroxylation is 1. The van der Waals surface area contributed by atoms with E-state index in [0.717, 1.165) is 11.0 Å². The van der Waals surface area contributed by atoms with Gasteiger partial charge in [0.05, 0.1) is 11.0 Å². The third kappa shape index (κ3) is 3.55. The molecule has 100 valence electrons. The fraction of sp³-hybridized carbons (Fsp3) is 0.0667. The summed E-state index contributed by atoms with van der Waals surface area (Å²) in [4.78, 5) is 18.0. The van der Waals surface area contributed by atoms with E-state index in [1.807, 2.05) is 24.3 Å². The van der Waals surface area contributed by atoms with E-state index in [2.05, 4.69) is 45.8 Å². The van der Waals surface area contributed by atoms with Crippen LogP contribution in [0.4, 0.5) is 0 Å². The number of pyridine rings is 1. The molecule has 0 spiro atoms. The first kappa shape index (κ1) is 14.0. The molecule has 1 N–H and O–H groups in total. The van der Waals surface area contributed by atoms with Crippen LogP contribution in [0.15, 0.2) is 59.1 Å². The number of nitrogens with one attached hydrogen (secondary N) is 1. The Morgan fingerprint density at radius 2 is 1.95 bits per heavy atom. The van der Waals surface area contributed by atoms with Crippen LogP contribution in [0, 0.1) is 6.92 Å². The molecular weight excluding hydrogens is 270 g/mol. The van der Waals surface area contributed by atoms with Crippen LogP contribution in [-0.2, 0) is 12.4 Å². The summed E-state index contributed by atoms with van der Waals surface area (Å²) in [6.45, 7) is 2.08. The topological polar surface area (TPSA) is 58.1 Å². The summed E-state index contributed by atoms with van der Waals surface area (Å²) in [5, 5.41) is 0. The van der Waals surface area contributed by atoms with Gasteiger partial charge in [-0.1, -0.05) is 35.9 Å². The summed E-state index contributed by atoms with van der Waals surface area (Å²) in [5.74, 6) is -0.437. The van der Waals surface area contributed by atoms with Gasteiger partial charge in [0.15, 0.2) is 0 Å². The normalized spacial score (nSPS) is 9.65. The fourth-order valence-corrected chi connectivity index (χ4v) is 1.75. The number of aromatic nitrogens is 2. The largest absolute Gasteiger partial charge is 0.349 e. The minimum absolute atomic E-state index is 0.378. The predicted octanol–water partition coefficient (Wildman–Crippen LogP) is 3.43. The molecule has 0 aliphatic carbocycles. The monoisotopic (exact) mass is 283 g/mol. The molecule has 2 aromatic heterocycles. The first-order valence-corrected chi connectivity index (χ1v) is 6.40. The highest BCUT2D eigenvalue weighted by atomic mass is 32.1. The van der Waals surface area contributed by atoms with Crippen molar-refractivity contribution in [3.63, 3.8) is 0 Å². The van der Waals surface area contributed by atoms with Gasteiger partial charge in [0.1, 0.15) is 5.69 Å². The zero-order valence-corrected chi connectivity index (χ0v) is 11.7. The number of nitrogens with zero attached hydrogens (tertiary/aromatic N) is 2. The summed E-state index contributed by atoms with van der Waals surface area (Å²) >= 11 is 4.30. The quantitative estimate of drug-likeness (QED) is 0.744. The van der Waals surface area contributed by atoms with Gasteiger partial charge < -0.3 is 4.98 Å². The molecule has 1 amide bonds. The number of amides is 1. The number of rotatable bonds is 1. The van der Waals surface area contributed by atoms with E-state index in [1.165, 1.54) is 5.56 Å². The SMILES string of the molecule is Cc1ccccc1.O=C(N=S)c1cc2ncccc2[nH]1. The number of hydrogen-bond acceptors (Lipinski definition) is 3. The molecule has 3 rings (SSSR count). The lowest BCUT2D eigenvalue weighted by atomic mass is 10.2. The van der Waals surface area contributed by atoms with Crippen LogP contribution in [0.5, 0.6) is 0 Å². The van der Waals surface area contributed by atoms with Crippen LogP contribution >= 0.6 is 0 Å². The molecule has 20 heavy (non-hydrogen) atoms. The molecule has 1 aromatic carbocycles. The standard InChI is InChI=1S/C8H5N3OS.C7H8/c12-8(11-13)7-4-6-5(10-7)2-1-3-9-6;1-7-5-3-2-4-6-7/h1-4,10H;2-6H,1H3. The van der Waals surface area contributed by atoms with E-state index in [9.17, 15) is 4.79 Å². The Balaban J connectivity index is 0.000000178. The van der Waals surface area contributed by atoms with Crippen molar-refractivity contribution in [1.82, 2.24) is 9.97 Å². The lowest BCUT2D eigenvalue weighted by Crippen LogP contribution is -1.91. The Kier molecular flexibility index (Phi) is 4.68. The summed E-state index contributed by atoms with van der Waals surface area (Å²) in [5.41, 5.74) is 3.25. The van der Waals surface area contributed by atoms with Gasteiger partial charge in [0.25, 0.3) is 0 Å². The van der Waals surface area contributed by atoms with E-state index < -0.39 is 5.91 Å². The molecule has 0 fully saturated rings. The molecule has 0 unspecified atom stereocenters. The number of benzene rings is 1. The number of carbonyl (C=O) groups is 1. The van der Waals surface area contributed by atoms with Crippen LogP contribution in [-0.4, -0.2) is 15.9 Å². The lowest BCUT2D eigenvalue weighted by molar-refractivity contribution is 0.100. The Morgan fingerprint density at radius 1 is 1.20 bits per heavy atom. The minimum atomic E-state index is -0.437. The average Bonchev–Trinajstić information content (AvgIpc) is 2.92. The molecule has 2 heterocycles. The Labute approximate surface area is 122 Å². The number of hydrogen-bond donors (Lipinski definition) is 1. The van der Waals surface area contributed by atoms with Gasteiger partial charge in [0, 0.05) is 18.6 Å². The number of aromatic amines is 1. The Bertz CT molecular complexity index is 689. The average molecular weight is 283 g/mol. The van der Waals surface area contributed by atoms with E-state index in [-0.39, 0.29) is 0 Å². The molecule has 0 atom stereocenters. The van der Waals surface area contributed by atoms with E-state index in [4.69, 9.17) is 0 Å². The van der Waals surface area contributed by atoms with Crippen LogP contribution in [0.2, 0.25) is 0 Å². The third-order valence-electron chi connectivity index (χ3n) is 2.64. The molecular formula is C15H13N3OS. The van der Waals surface area contributed by atoms with Crippen molar-refractivity contribution < 1.29 is 4.79 Å². The van der Waals surface area contributed by atoms with Gasteiger partial charge in [0.2, 0.25) is 0 Å². The number of H-pyrrole nitrogens is 1. The molecule has 0 aliphatic rings. The highest BCUT2D eigenvalue weighted by Gasteiger charge is 2.07. The molecule has 5 heteroatoms. The molecule has 0 saturated carbocycles. The van der Waals surface area contributed by atoms with Crippen molar-refractivity contribution in [2.45, 2.75) is 6.92 Å². The first-order valence-electron chi connectivity index (χ1n) is 6.04. The maximum absolute atomic E-state index is 11.1. The summed E-state index contributed by atoms with van der Waals surface area (Å²) in [6, 6.07) is 15.5. The van der Waals surface area contributed by atoms with Gasteiger partial charge in [-0.3, -0.25) is 9.78 Å². The highest BCUT2D eigenvalue weighted by molar-refractivity contribution is 7.47. The van der Waals surface area contributed by atoms with E-state index in [1.54, 1.807) is 18.3 Å². The molecule has 0 aliphatic heterocycles. The van der Waals surface area contributed by atoms with Crippen molar-refractivity contribution >= 4 is 29.4 Å². The molecule has 3 aromatic rings. The number of fused-ring (bicyclic) bond motifs is 1. The number of carbonyl (C=O) groups excluding carboxylic acids is 1. The summed E-state index contributed by atoms with van der Waals surface area (Å²) < 4.78 is 3.14. The fourth-order valence-electron chi connectivity index (χ4n) is 1.65. The van der Waals surface area contributed by atoms with Crippen molar-refractivity contribution in [3.05, 3.63) is 66.0 Å². The second-order valence-electron chi connectivity index (χ2n) is 4.17. The molecule has 0 bridgehead atoms. The zero-order valence-electron chi connectivity index (χ0n) is 10.9. The van der Waals surface area contributed by atoms with Crippen LogP contribution in [0.1, 0.15) is 16.1 Å². The van der Waals surface area contributed by atoms with Gasteiger partial charge in [-0.25, -0.2) is 0 Å². The van der Waals surface area contributed by atoms with E-state index in [0.29, 0.717) is 5.69 Å². The molecule has 0 radical (unpaired) electrons. The van der Waals surface area contributed by atoms with Crippen molar-refractivity contribution in [1.29, 1.82) is 0 Å². The predicted molar refractivity (Wildman–Crippen MR) is 81.4 cm³/mol. The highest BCUT2D eigenvalue weighted by Crippen LogP contribution is 2.12. The maximum atomic E-state index is 11.1. The van der Waals surface area contributed by atoms with Crippen LogP contribution in [0.3, 0.4) is 0 Å². The third-order valence-corrected chi connectivity index (χ3v) is 2.81. The van der Waals surface area contributed by atoms with Crippen molar-refractivity contribution in [2.75, 3.05) is 0 Å². The zero-order chi connectivity index (χ0) is 14.4. The molecule has 4 nitrogen and oxygen atoms in total. The van der Waals surface area contributed by atoms with Crippen molar-refractivity contribution in [2.24, 2.45) is 4.36 Å².